The minimum atomic E-state index is -0.929. The van der Waals surface area contributed by atoms with Gasteiger partial charge in [-0.25, -0.2) is 13.8 Å². The molecule has 0 saturated carbocycles. The molecule has 2 nitrogen and oxygen atoms in total. The Bertz CT molecular complexity index is 619. The fourth-order valence-corrected chi connectivity index (χ4v) is 2.32. The maximum Gasteiger partial charge on any atom is 0.170 e. The molecule has 0 radical (unpaired) electrons. The van der Waals surface area contributed by atoms with Crippen LogP contribution in [0.1, 0.15) is 5.56 Å². The van der Waals surface area contributed by atoms with E-state index in [0.29, 0.717) is 0 Å². The lowest BCUT2D eigenvalue weighted by atomic mass is 10.2. The number of benzene rings is 1. The standard InChI is InChI=1S/C12H5Cl3F2N2/c13-6-2-1-3-7(14)10(6)12(15)19-11-8(16)4-18-5-9(11)17/h1-5H/b19-12-. The van der Waals surface area contributed by atoms with Crippen LogP contribution in [0.5, 0.6) is 0 Å². The Morgan fingerprint density at radius 3 is 2.11 bits per heavy atom. The molecule has 98 valence electrons. The maximum atomic E-state index is 13.4. The van der Waals surface area contributed by atoms with Gasteiger partial charge in [-0.05, 0) is 12.1 Å². The van der Waals surface area contributed by atoms with Crippen molar-refractivity contribution in [2.45, 2.75) is 0 Å². The van der Waals surface area contributed by atoms with Crippen LogP contribution in [0.25, 0.3) is 0 Å². The minimum Gasteiger partial charge on any atom is -0.258 e. The highest BCUT2D eigenvalue weighted by molar-refractivity contribution is 6.71. The van der Waals surface area contributed by atoms with E-state index in [0.717, 1.165) is 12.4 Å². The highest BCUT2D eigenvalue weighted by atomic mass is 35.5. The molecule has 0 aliphatic rings. The van der Waals surface area contributed by atoms with E-state index < -0.39 is 17.3 Å². The Morgan fingerprint density at radius 2 is 1.58 bits per heavy atom. The van der Waals surface area contributed by atoms with E-state index in [4.69, 9.17) is 34.8 Å². The summed E-state index contributed by atoms with van der Waals surface area (Å²) in [5.41, 5.74) is -0.334. The molecule has 2 aromatic rings. The molecule has 0 fully saturated rings. The fraction of sp³-hybridized carbons (Fsp3) is 0. The summed E-state index contributed by atoms with van der Waals surface area (Å²) >= 11 is 17.8. The zero-order valence-electron chi connectivity index (χ0n) is 9.17. The van der Waals surface area contributed by atoms with Crippen LogP contribution in [-0.2, 0) is 0 Å². The summed E-state index contributed by atoms with van der Waals surface area (Å²) in [4.78, 5) is 7.02. The molecule has 1 aromatic heterocycles. The fourth-order valence-electron chi connectivity index (χ4n) is 1.36. The first-order chi connectivity index (χ1) is 9.00. The molecule has 7 heteroatoms. The Kier molecular flexibility index (Phi) is 4.34. The average Bonchev–Trinajstić information content (AvgIpc) is 2.34. The highest BCUT2D eigenvalue weighted by Crippen LogP contribution is 2.29. The molecular weight excluding hydrogens is 317 g/mol. The largest absolute Gasteiger partial charge is 0.258 e. The van der Waals surface area contributed by atoms with E-state index in [1.165, 1.54) is 0 Å². The molecule has 0 saturated heterocycles. The van der Waals surface area contributed by atoms with E-state index in [-0.39, 0.29) is 20.8 Å². The minimum absolute atomic E-state index is 0.209. The zero-order valence-corrected chi connectivity index (χ0v) is 11.4. The van der Waals surface area contributed by atoms with Gasteiger partial charge in [0.1, 0.15) is 10.9 Å². The smallest absolute Gasteiger partial charge is 0.170 e. The van der Waals surface area contributed by atoms with Gasteiger partial charge in [-0.2, -0.15) is 0 Å². The van der Waals surface area contributed by atoms with Gasteiger partial charge in [-0.1, -0.05) is 40.9 Å². The van der Waals surface area contributed by atoms with E-state index in [1.54, 1.807) is 18.2 Å². The number of nitrogens with zero attached hydrogens (tertiary/aromatic N) is 2. The quantitative estimate of drug-likeness (QED) is 0.716. The number of pyridine rings is 1. The third-order valence-corrected chi connectivity index (χ3v) is 3.11. The summed E-state index contributed by atoms with van der Waals surface area (Å²) in [6.45, 7) is 0. The van der Waals surface area contributed by atoms with E-state index >= 15 is 0 Å². The van der Waals surface area contributed by atoms with Crippen molar-refractivity contribution in [2.24, 2.45) is 4.99 Å². The molecule has 19 heavy (non-hydrogen) atoms. The van der Waals surface area contributed by atoms with Gasteiger partial charge in [-0.3, -0.25) is 4.98 Å². The Hall–Kier alpha value is -1.23. The van der Waals surface area contributed by atoms with Gasteiger partial charge in [-0.15, -0.1) is 0 Å². The molecule has 0 aliphatic carbocycles. The van der Waals surface area contributed by atoms with Crippen LogP contribution in [0.4, 0.5) is 14.5 Å². The number of aliphatic imine (C=N–C) groups is 1. The third-order valence-electron chi connectivity index (χ3n) is 2.21. The van der Waals surface area contributed by atoms with Gasteiger partial charge >= 0.3 is 0 Å². The van der Waals surface area contributed by atoms with Crippen molar-refractivity contribution in [3.05, 3.63) is 57.8 Å². The zero-order chi connectivity index (χ0) is 14.0. The van der Waals surface area contributed by atoms with Crippen LogP contribution in [0.2, 0.25) is 10.0 Å². The molecule has 0 N–H and O–H groups in total. The second-order valence-corrected chi connectivity index (χ2v) is 4.62. The normalized spacial score (nSPS) is 11.7. The van der Waals surface area contributed by atoms with E-state index in [1.807, 2.05) is 0 Å². The average molecular weight is 322 g/mol. The van der Waals surface area contributed by atoms with Gasteiger partial charge in [0, 0.05) is 5.56 Å². The van der Waals surface area contributed by atoms with Crippen molar-refractivity contribution in [1.29, 1.82) is 0 Å². The molecule has 0 unspecified atom stereocenters. The Balaban J connectivity index is 2.55. The molecule has 0 aliphatic heterocycles. The predicted octanol–water partition coefficient (Wildman–Crippen LogP) is 4.98. The van der Waals surface area contributed by atoms with E-state index in [2.05, 4.69) is 9.98 Å². The van der Waals surface area contributed by atoms with Crippen LogP contribution >= 0.6 is 34.8 Å². The Labute approximate surface area is 122 Å². The molecule has 2 rings (SSSR count). The molecule has 1 heterocycles. The first kappa shape index (κ1) is 14.2. The summed E-state index contributed by atoms with van der Waals surface area (Å²) in [5.74, 6) is -1.86. The number of halogens is 5. The SMILES string of the molecule is Fc1cncc(F)c1/N=C(\Cl)c1c(Cl)cccc1Cl. The van der Waals surface area contributed by atoms with Crippen LogP contribution in [0, 0.1) is 11.6 Å². The first-order valence-corrected chi connectivity index (χ1v) is 6.11. The second kappa shape index (κ2) is 5.82. The summed E-state index contributed by atoms with van der Waals surface area (Å²) in [5, 5.41) is 0.256. The topological polar surface area (TPSA) is 25.2 Å². The van der Waals surface area contributed by atoms with Gasteiger partial charge < -0.3 is 0 Å². The lowest BCUT2D eigenvalue weighted by Crippen LogP contribution is -1.95. The van der Waals surface area contributed by atoms with Crippen LogP contribution < -0.4 is 0 Å². The van der Waals surface area contributed by atoms with Gasteiger partial charge in [0.05, 0.1) is 22.4 Å². The lowest BCUT2D eigenvalue weighted by Gasteiger charge is -2.05. The van der Waals surface area contributed by atoms with Gasteiger partial charge in [0.15, 0.2) is 11.6 Å². The summed E-state index contributed by atoms with van der Waals surface area (Å²) in [7, 11) is 0. The van der Waals surface area contributed by atoms with Gasteiger partial charge in [0.25, 0.3) is 0 Å². The first-order valence-electron chi connectivity index (χ1n) is 4.98. The van der Waals surface area contributed by atoms with Crippen molar-refractivity contribution in [3.63, 3.8) is 0 Å². The monoisotopic (exact) mass is 320 g/mol. The van der Waals surface area contributed by atoms with Crippen molar-refractivity contribution in [3.8, 4) is 0 Å². The maximum absolute atomic E-state index is 13.4. The van der Waals surface area contributed by atoms with Crippen LogP contribution in [0.15, 0.2) is 35.6 Å². The second-order valence-electron chi connectivity index (χ2n) is 3.45. The van der Waals surface area contributed by atoms with Crippen molar-refractivity contribution in [1.82, 2.24) is 4.98 Å². The highest BCUT2D eigenvalue weighted by Gasteiger charge is 2.14. The van der Waals surface area contributed by atoms with Crippen molar-refractivity contribution in [2.75, 3.05) is 0 Å². The summed E-state index contributed by atoms with van der Waals surface area (Å²) in [6, 6.07) is 4.70. The molecule has 0 bridgehead atoms. The summed E-state index contributed by atoms with van der Waals surface area (Å²) in [6.07, 6.45) is 1.67. The lowest BCUT2D eigenvalue weighted by molar-refractivity contribution is 0.577. The number of aromatic nitrogens is 1. The molecule has 1 aromatic carbocycles. The predicted molar refractivity (Wildman–Crippen MR) is 72.7 cm³/mol. The third kappa shape index (κ3) is 3.03. The van der Waals surface area contributed by atoms with Gasteiger partial charge in [0.2, 0.25) is 0 Å². The van der Waals surface area contributed by atoms with Crippen LogP contribution in [-0.4, -0.2) is 10.2 Å². The van der Waals surface area contributed by atoms with E-state index in [9.17, 15) is 8.78 Å². The molecule has 0 amide bonds. The number of hydrogen-bond acceptors (Lipinski definition) is 2. The molecule has 0 atom stereocenters. The van der Waals surface area contributed by atoms with Crippen LogP contribution in [0.3, 0.4) is 0 Å². The molecular formula is C12H5Cl3F2N2. The van der Waals surface area contributed by atoms with Crippen molar-refractivity contribution >= 4 is 45.7 Å². The number of hydrogen-bond donors (Lipinski definition) is 0. The van der Waals surface area contributed by atoms with Crippen molar-refractivity contribution < 1.29 is 8.78 Å². The molecule has 0 spiro atoms. The Morgan fingerprint density at radius 1 is 1.05 bits per heavy atom. The number of rotatable bonds is 2. The summed E-state index contributed by atoms with van der Waals surface area (Å²) < 4.78 is 26.8.